The molecule has 148 valence electrons. The zero-order chi connectivity index (χ0) is 20.3. The van der Waals surface area contributed by atoms with Gasteiger partial charge in [0.15, 0.2) is 0 Å². The third-order valence-corrected chi connectivity index (χ3v) is 4.92. The fourth-order valence-electron chi connectivity index (χ4n) is 3.35. The molecule has 1 aromatic heterocycles. The van der Waals surface area contributed by atoms with Crippen molar-refractivity contribution in [1.82, 2.24) is 10.2 Å². The van der Waals surface area contributed by atoms with E-state index in [-0.39, 0.29) is 30.0 Å². The Morgan fingerprint density at radius 1 is 1.07 bits per heavy atom. The van der Waals surface area contributed by atoms with Crippen molar-refractivity contribution in [2.45, 2.75) is 52.6 Å². The molecular weight excluding hydrogens is 356 g/mol. The number of imide groups is 1. The normalized spacial score (nSPS) is 14.5. The zero-order valence-corrected chi connectivity index (χ0v) is 16.5. The number of fused-ring (bicyclic) bond motifs is 1. The van der Waals surface area contributed by atoms with Crippen LogP contribution in [0.15, 0.2) is 41.0 Å². The first-order chi connectivity index (χ1) is 13.4. The van der Waals surface area contributed by atoms with E-state index in [4.69, 9.17) is 4.42 Å². The summed E-state index contributed by atoms with van der Waals surface area (Å²) in [5.74, 6) is 0.168. The van der Waals surface area contributed by atoms with Gasteiger partial charge in [-0.05, 0) is 49.6 Å². The molecule has 3 rings (SSSR count). The maximum atomic E-state index is 12.7. The number of carbonyl (C=O) groups excluding carboxylic acids is 3. The summed E-state index contributed by atoms with van der Waals surface area (Å²) in [7, 11) is 0. The highest BCUT2D eigenvalue weighted by atomic mass is 16.3. The topological polar surface area (TPSA) is 79.6 Å². The standard InChI is InChI=1S/C22H26N2O4/c1-14(2)6-4-7-15(3)23-20(25)16-9-10-18-19(12-16)22(27)24(21(18)26)13-17-8-5-11-28-17/h5,8-12,14-15H,4,6-7,13H2,1-3H3,(H,23,25). The maximum Gasteiger partial charge on any atom is 0.261 e. The number of nitrogens with zero attached hydrogens (tertiary/aromatic N) is 1. The predicted octanol–water partition coefficient (Wildman–Crippen LogP) is 4.02. The lowest BCUT2D eigenvalue weighted by Crippen LogP contribution is -2.32. The monoisotopic (exact) mass is 382 g/mol. The van der Waals surface area contributed by atoms with Gasteiger partial charge in [-0.25, -0.2) is 0 Å². The van der Waals surface area contributed by atoms with Crippen molar-refractivity contribution in [3.05, 3.63) is 59.0 Å². The molecule has 0 bridgehead atoms. The Labute approximate surface area is 164 Å². The highest BCUT2D eigenvalue weighted by Gasteiger charge is 2.36. The van der Waals surface area contributed by atoms with Crippen LogP contribution in [0.2, 0.25) is 0 Å². The van der Waals surface area contributed by atoms with Crippen LogP contribution in [0.1, 0.15) is 76.9 Å². The van der Waals surface area contributed by atoms with Gasteiger partial charge in [0, 0.05) is 11.6 Å². The molecule has 0 aliphatic carbocycles. The smallest absolute Gasteiger partial charge is 0.261 e. The van der Waals surface area contributed by atoms with E-state index in [1.165, 1.54) is 12.3 Å². The summed E-state index contributed by atoms with van der Waals surface area (Å²) in [5, 5.41) is 2.97. The summed E-state index contributed by atoms with van der Waals surface area (Å²) in [6.45, 7) is 6.42. The Morgan fingerprint density at radius 3 is 2.50 bits per heavy atom. The van der Waals surface area contributed by atoms with Crippen LogP contribution in [0, 0.1) is 5.92 Å². The predicted molar refractivity (Wildman–Crippen MR) is 105 cm³/mol. The lowest BCUT2D eigenvalue weighted by molar-refractivity contribution is 0.0631. The maximum absolute atomic E-state index is 12.7. The largest absolute Gasteiger partial charge is 0.467 e. The van der Waals surface area contributed by atoms with Crippen LogP contribution in [0.4, 0.5) is 0 Å². The van der Waals surface area contributed by atoms with E-state index >= 15 is 0 Å². The van der Waals surface area contributed by atoms with E-state index in [1.54, 1.807) is 24.3 Å². The van der Waals surface area contributed by atoms with Crippen molar-refractivity contribution in [1.29, 1.82) is 0 Å². The average molecular weight is 382 g/mol. The number of amides is 3. The molecule has 0 saturated carbocycles. The highest BCUT2D eigenvalue weighted by Crippen LogP contribution is 2.26. The molecule has 6 heteroatoms. The number of rotatable bonds is 8. The minimum Gasteiger partial charge on any atom is -0.467 e. The molecule has 28 heavy (non-hydrogen) atoms. The van der Waals surface area contributed by atoms with Gasteiger partial charge in [0.2, 0.25) is 0 Å². The van der Waals surface area contributed by atoms with Crippen LogP contribution in [-0.4, -0.2) is 28.7 Å². The zero-order valence-electron chi connectivity index (χ0n) is 16.5. The van der Waals surface area contributed by atoms with E-state index in [0.29, 0.717) is 22.8 Å². The summed E-state index contributed by atoms with van der Waals surface area (Å²) >= 11 is 0. The van der Waals surface area contributed by atoms with Gasteiger partial charge < -0.3 is 9.73 Å². The summed E-state index contributed by atoms with van der Waals surface area (Å²) < 4.78 is 5.23. The van der Waals surface area contributed by atoms with Gasteiger partial charge in [0.1, 0.15) is 5.76 Å². The molecule has 0 spiro atoms. The van der Waals surface area contributed by atoms with Crippen molar-refractivity contribution in [3.63, 3.8) is 0 Å². The number of hydrogen-bond donors (Lipinski definition) is 1. The number of nitrogens with one attached hydrogen (secondary N) is 1. The van der Waals surface area contributed by atoms with Gasteiger partial charge in [0.25, 0.3) is 17.7 Å². The first-order valence-electron chi connectivity index (χ1n) is 9.70. The lowest BCUT2D eigenvalue weighted by Gasteiger charge is -2.14. The second kappa shape index (κ2) is 8.42. The highest BCUT2D eigenvalue weighted by molar-refractivity contribution is 6.22. The third-order valence-electron chi connectivity index (χ3n) is 4.92. The Hall–Kier alpha value is -2.89. The van der Waals surface area contributed by atoms with E-state index < -0.39 is 5.91 Å². The Balaban J connectivity index is 1.67. The van der Waals surface area contributed by atoms with Gasteiger partial charge in [-0.3, -0.25) is 19.3 Å². The van der Waals surface area contributed by atoms with Crippen molar-refractivity contribution in [2.75, 3.05) is 0 Å². The molecule has 2 heterocycles. The minimum atomic E-state index is -0.406. The Kier molecular flexibility index (Phi) is 5.97. The van der Waals surface area contributed by atoms with Gasteiger partial charge in [-0.1, -0.05) is 26.7 Å². The van der Waals surface area contributed by atoms with Gasteiger partial charge in [-0.15, -0.1) is 0 Å². The Morgan fingerprint density at radius 2 is 1.82 bits per heavy atom. The molecule has 2 aromatic rings. The molecule has 0 radical (unpaired) electrons. The summed E-state index contributed by atoms with van der Waals surface area (Å²) in [5.41, 5.74) is 0.963. The van der Waals surface area contributed by atoms with Gasteiger partial charge >= 0.3 is 0 Å². The molecule has 1 aliphatic heterocycles. The molecule has 6 nitrogen and oxygen atoms in total. The van der Waals surface area contributed by atoms with Crippen molar-refractivity contribution in [3.8, 4) is 0 Å². The second-order valence-electron chi connectivity index (χ2n) is 7.74. The van der Waals surface area contributed by atoms with Crippen molar-refractivity contribution < 1.29 is 18.8 Å². The number of carbonyl (C=O) groups is 3. The average Bonchev–Trinajstić information content (AvgIpc) is 3.24. The van der Waals surface area contributed by atoms with E-state index in [2.05, 4.69) is 19.2 Å². The first kappa shape index (κ1) is 19.9. The molecule has 0 saturated heterocycles. The van der Waals surface area contributed by atoms with Crippen molar-refractivity contribution >= 4 is 17.7 Å². The molecule has 1 atom stereocenters. The van der Waals surface area contributed by atoms with E-state index in [0.717, 1.165) is 24.2 Å². The fourth-order valence-corrected chi connectivity index (χ4v) is 3.35. The lowest BCUT2D eigenvalue weighted by atomic mass is 10.0. The van der Waals surface area contributed by atoms with Crippen LogP contribution in [-0.2, 0) is 6.54 Å². The van der Waals surface area contributed by atoms with Crippen LogP contribution >= 0.6 is 0 Å². The Bertz CT molecular complexity index is 871. The molecule has 1 unspecified atom stereocenters. The molecular formula is C22H26N2O4. The van der Waals surface area contributed by atoms with Gasteiger partial charge in [-0.2, -0.15) is 0 Å². The van der Waals surface area contributed by atoms with E-state index in [1.807, 2.05) is 6.92 Å². The minimum absolute atomic E-state index is 0.0484. The van der Waals surface area contributed by atoms with E-state index in [9.17, 15) is 14.4 Å². The molecule has 1 aromatic carbocycles. The number of benzene rings is 1. The number of furan rings is 1. The summed E-state index contributed by atoms with van der Waals surface area (Å²) in [6, 6.07) is 8.12. The molecule has 3 amide bonds. The molecule has 0 fully saturated rings. The van der Waals surface area contributed by atoms with Crippen LogP contribution in [0.5, 0.6) is 0 Å². The van der Waals surface area contributed by atoms with Crippen LogP contribution in [0.3, 0.4) is 0 Å². The van der Waals surface area contributed by atoms with Gasteiger partial charge in [0.05, 0.1) is 23.9 Å². The van der Waals surface area contributed by atoms with Crippen LogP contribution in [0.25, 0.3) is 0 Å². The number of hydrogen-bond acceptors (Lipinski definition) is 4. The quantitative estimate of drug-likeness (QED) is 0.699. The SMILES string of the molecule is CC(C)CCCC(C)NC(=O)c1ccc2c(c1)C(=O)N(Cc1ccco1)C2=O. The van der Waals surface area contributed by atoms with Crippen molar-refractivity contribution in [2.24, 2.45) is 5.92 Å². The third kappa shape index (κ3) is 4.32. The summed E-state index contributed by atoms with van der Waals surface area (Å²) in [6.07, 6.45) is 4.58. The fraction of sp³-hybridized carbons (Fsp3) is 0.409. The summed E-state index contributed by atoms with van der Waals surface area (Å²) in [4.78, 5) is 38.9. The van der Waals surface area contributed by atoms with Crippen LogP contribution < -0.4 is 5.32 Å². The molecule has 1 aliphatic rings. The molecule has 1 N–H and O–H groups in total. The first-order valence-corrected chi connectivity index (χ1v) is 9.70. The second-order valence-corrected chi connectivity index (χ2v) is 7.74.